The van der Waals surface area contributed by atoms with Crippen molar-refractivity contribution in [1.82, 2.24) is 15.2 Å². The van der Waals surface area contributed by atoms with Gasteiger partial charge in [0, 0.05) is 37.6 Å². The number of nitrogens with one attached hydrogen (secondary N) is 1. The average Bonchev–Trinajstić information content (AvgIpc) is 2.77. The van der Waals surface area contributed by atoms with Crippen LogP contribution in [0, 0.1) is 5.92 Å². The van der Waals surface area contributed by atoms with Crippen molar-refractivity contribution in [2.45, 2.75) is 58.4 Å². The van der Waals surface area contributed by atoms with Crippen LogP contribution in [0.25, 0.3) is 10.9 Å². The lowest BCUT2D eigenvalue weighted by atomic mass is 10.00. The Morgan fingerprint density at radius 2 is 2.00 bits per heavy atom. The summed E-state index contributed by atoms with van der Waals surface area (Å²) in [7, 11) is 0. The first-order chi connectivity index (χ1) is 14.6. The van der Waals surface area contributed by atoms with Crippen molar-refractivity contribution < 1.29 is 4.79 Å². The minimum atomic E-state index is 0.0200. The van der Waals surface area contributed by atoms with Crippen molar-refractivity contribution in [2.24, 2.45) is 5.92 Å². The molecule has 2 aliphatic rings. The van der Waals surface area contributed by atoms with Crippen LogP contribution in [0.2, 0.25) is 0 Å². The zero-order valence-corrected chi connectivity index (χ0v) is 18.6. The molecule has 2 fully saturated rings. The summed E-state index contributed by atoms with van der Waals surface area (Å²) in [5.74, 6) is 1.63. The van der Waals surface area contributed by atoms with Gasteiger partial charge in [-0.15, -0.1) is 0 Å². The molecular formula is C25H36N4O. The van der Waals surface area contributed by atoms with Gasteiger partial charge in [0.05, 0.1) is 11.1 Å². The molecule has 2 saturated heterocycles. The van der Waals surface area contributed by atoms with Crippen LogP contribution in [-0.2, 0) is 0 Å². The Kier molecular flexibility index (Phi) is 6.88. The van der Waals surface area contributed by atoms with Crippen LogP contribution >= 0.6 is 0 Å². The Labute approximate surface area is 180 Å². The monoisotopic (exact) mass is 408 g/mol. The number of likely N-dealkylation sites (tertiary alicyclic amines) is 1. The van der Waals surface area contributed by atoms with Crippen LogP contribution in [0.15, 0.2) is 30.3 Å². The number of piperidine rings is 2. The smallest absolute Gasteiger partial charge is 0.252 e. The summed E-state index contributed by atoms with van der Waals surface area (Å²) in [6.45, 7) is 9.63. The summed E-state index contributed by atoms with van der Waals surface area (Å²) in [4.78, 5) is 22.9. The van der Waals surface area contributed by atoms with E-state index in [1.54, 1.807) is 0 Å². The summed E-state index contributed by atoms with van der Waals surface area (Å²) in [6.07, 6.45) is 7.40. The van der Waals surface area contributed by atoms with Crippen molar-refractivity contribution >= 4 is 22.6 Å². The highest BCUT2D eigenvalue weighted by Gasteiger charge is 2.21. The second-order valence-electron chi connectivity index (χ2n) is 9.23. The lowest BCUT2D eigenvalue weighted by Crippen LogP contribution is -2.39. The molecular weight excluding hydrogens is 372 g/mol. The van der Waals surface area contributed by atoms with Gasteiger partial charge in [-0.2, -0.15) is 0 Å². The molecule has 5 nitrogen and oxygen atoms in total. The van der Waals surface area contributed by atoms with Gasteiger partial charge in [-0.05, 0) is 63.6 Å². The molecule has 1 aromatic carbocycles. The van der Waals surface area contributed by atoms with Gasteiger partial charge in [-0.25, -0.2) is 4.98 Å². The topological polar surface area (TPSA) is 48.5 Å². The number of anilines is 1. The average molecular weight is 409 g/mol. The van der Waals surface area contributed by atoms with E-state index in [2.05, 4.69) is 29.0 Å². The minimum absolute atomic E-state index is 0.0200. The summed E-state index contributed by atoms with van der Waals surface area (Å²) in [5.41, 5.74) is 1.65. The highest BCUT2D eigenvalue weighted by molar-refractivity contribution is 6.07. The van der Waals surface area contributed by atoms with E-state index in [0.29, 0.717) is 12.0 Å². The molecule has 0 radical (unpaired) electrons. The number of hydrogen-bond donors (Lipinski definition) is 1. The van der Waals surface area contributed by atoms with Gasteiger partial charge >= 0.3 is 0 Å². The van der Waals surface area contributed by atoms with Crippen LogP contribution in [0.5, 0.6) is 0 Å². The summed E-state index contributed by atoms with van der Waals surface area (Å²) in [5, 5.41) is 4.11. The maximum atomic E-state index is 13.1. The molecule has 0 saturated carbocycles. The van der Waals surface area contributed by atoms with E-state index in [-0.39, 0.29) is 5.91 Å². The first-order valence-electron chi connectivity index (χ1n) is 11.8. The lowest BCUT2D eigenvalue weighted by Gasteiger charge is -2.33. The van der Waals surface area contributed by atoms with Gasteiger partial charge in [0.15, 0.2) is 0 Å². The van der Waals surface area contributed by atoms with E-state index in [1.165, 1.54) is 38.6 Å². The molecule has 0 aliphatic carbocycles. The third-order valence-corrected chi connectivity index (χ3v) is 6.78. The van der Waals surface area contributed by atoms with E-state index >= 15 is 0 Å². The summed E-state index contributed by atoms with van der Waals surface area (Å²) >= 11 is 0. The maximum absolute atomic E-state index is 13.1. The van der Waals surface area contributed by atoms with Crippen LogP contribution in [-0.4, -0.2) is 54.6 Å². The predicted octanol–water partition coefficient (Wildman–Crippen LogP) is 4.47. The molecule has 1 amide bonds. The Morgan fingerprint density at radius 3 is 2.83 bits per heavy atom. The Morgan fingerprint density at radius 1 is 1.13 bits per heavy atom. The highest BCUT2D eigenvalue weighted by Crippen LogP contribution is 2.26. The van der Waals surface area contributed by atoms with E-state index in [0.717, 1.165) is 54.9 Å². The third-order valence-electron chi connectivity index (χ3n) is 6.78. The van der Waals surface area contributed by atoms with Crippen LogP contribution in [0.1, 0.15) is 62.7 Å². The quantitative estimate of drug-likeness (QED) is 0.717. The number of aromatic nitrogens is 1. The van der Waals surface area contributed by atoms with Crippen molar-refractivity contribution in [2.75, 3.05) is 37.6 Å². The van der Waals surface area contributed by atoms with E-state index < -0.39 is 0 Å². The molecule has 1 aromatic heterocycles. The number of nitrogens with zero attached hydrogens (tertiary/aromatic N) is 3. The fourth-order valence-corrected chi connectivity index (χ4v) is 4.98. The van der Waals surface area contributed by atoms with Gasteiger partial charge in [0.25, 0.3) is 5.91 Å². The largest absolute Gasteiger partial charge is 0.356 e. The molecule has 5 heteroatoms. The van der Waals surface area contributed by atoms with Gasteiger partial charge in [-0.3, -0.25) is 4.79 Å². The van der Waals surface area contributed by atoms with E-state index in [4.69, 9.17) is 4.98 Å². The van der Waals surface area contributed by atoms with Crippen molar-refractivity contribution in [1.29, 1.82) is 0 Å². The molecule has 1 N–H and O–H groups in total. The number of pyridine rings is 1. The van der Waals surface area contributed by atoms with Gasteiger partial charge in [-0.1, -0.05) is 31.5 Å². The molecule has 2 atom stereocenters. The van der Waals surface area contributed by atoms with Gasteiger partial charge < -0.3 is 15.1 Å². The Hall–Kier alpha value is -2.14. The zero-order valence-electron chi connectivity index (χ0n) is 18.6. The van der Waals surface area contributed by atoms with Crippen LogP contribution in [0.3, 0.4) is 0 Å². The van der Waals surface area contributed by atoms with Crippen LogP contribution < -0.4 is 10.2 Å². The molecule has 162 valence electrons. The van der Waals surface area contributed by atoms with Crippen LogP contribution in [0.4, 0.5) is 5.82 Å². The molecule has 30 heavy (non-hydrogen) atoms. The van der Waals surface area contributed by atoms with Crippen molar-refractivity contribution in [3.05, 3.63) is 35.9 Å². The maximum Gasteiger partial charge on any atom is 0.252 e. The number of benzene rings is 1. The molecule has 0 bridgehead atoms. The highest BCUT2D eigenvalue weighted by atomic mass is 16.1. The molecule has 4 rings (SSSR count). The fourth-order valence-electron chi connectivity index (χ4n) is 4.98. The molecule has 2 aliphatic heterocycles. The minimum Gasteiger partial charge on any atom is -0.356 e. The van der Waals surface area contributed by atoms with Crippen molar-refractivity contribution in [3.8, 4) is 0 Å². The van der Waals surface area contributed by atoms with Gasteiger partial charge in [0.1, 0.15) is 5.82 Å². The number of hydrogen-bond acceptors (Lipinski definition) is 4. The number of para-hydroxylation sites is 1. The predicted molar refractivity (Wildman–Crippen MR) is 124 cm³/mol. The standard InChI is InChI=1S/C25H36N4O/c1-19-9-7-15-29(18-19)24-17-22(21-11-3-4-12-23(21)27-24)25(30)26-13-8-16-28-14-6-5-10-20(28)2/h3-4,11-12,17,19-20H,5-10,13-16,18H2,1-2H3,(H,26,30)/t19-,20-/m0/s1. The molecule has 2 aromatic rings. The van der Waals surface area contributed by atoms with E-state index in [1.807, 2.05) is 30.3 Å². The fraction of sp³-hybridized carbons (Fsp3) is 0.600. The SMILES string of the molecule is C[C@H]1CCCN(c2cc(C(=O)NCCCN3CCCC[C@@H]3C)c3ccccc3n2)C1. The first-order valence-corrected chi connectivity index (χ1v) is 11.8. The third kappa shape index (κ3) is 4.94. The molecule has 3 heterocycles. The molecule has 0 spiro atoms. The normalized spacial score (nSPS) is 22.9. The Bertz CT molecular complexity index is 867. The zero-order chi connectivity index (χ0) is 20.9. The number of fused-ring (bicyclic) bond motifs is 1. The Balaban J connectivity index is 1.44. The number of rotatable bonds is 6. The molecule has 0 unspecified atom stereocenters. The second-order valence-corrected chi connectivity index (χ2v) is 9.23. The summed E-state index contributed by atoms with van der Waals surface area (Å²) in [6, 6.07) is 10.7. The first kappa shape index (κ1) is 21.1. The number of amides is 1. The lowest BCUT2D eigenvalue weighted by molar-refractivity contribution is 0.0950. The number of carbonyl (C=O) groups is 1. The number of carbonyl (C=O) groups excluding carboxylic acids is 1. The van der Waals surface area contributed by atoms with Crippen molar-refractivity contribution in [3.63, 3.8) is 0 Å². The summed E-state index contributed by atoms with van der Waals surface area (Å²) < 4.78 is 0. The second kappa shape index (κ2) is 9.78. The van der Waals surface area contributed by atoms with Gasteiger partial charge in [0.2, 0.25) is 0 Å². The van der Waals surface area contributed by atoms with E-state index in [9.17, 15) is 4.79 Å².